The van der Waals surface area contributed by atoms with E-state index >= 15 is 0 Å². The molecule has 1 saturated heterocycles. The average Bonchev–Trinajstić information content (AvgIpc) is 2.32. The monoisotopic (exact) mass is 170 g/mol. The van der Waals surface area contributed by atoms with Crippen LogP contribution in [-0.4, -0.2) is 29.9 Å². The van der Waals surface area contributed by atoms with E-state index in [2.05, 4.69) is 5.32 Å². The van der Waals surface area contributed by atoms with Crippen molar-refractivity contribution in [3.63, 3.8) is 0 Å². The lowest BCUT2D eigenvalue weighted by molar-refractivity contribution is -0.127. The van der Waals surface area contributed by atoms with Crippen molar-refractivity contribution < 1.29 is 9.59 Å². The first-order chi connectivity index (χ1) is 5.57. The van der Waals surface area contributed by atoms with Gasteiger partial charge in [0.15, 0.2) is 0 Å². The van der Waals surface area contributed by atoms with Crippen LogP contribution in [0.25, 0.3) is 0 Å². The molecule has 0 spiro atoms. The number of amides is 3. The SMILES string of the molecule is CC[C@H](C)[C@@H]1NC(=O)N(C)C1=O. The van der Waals surface area contributed by atoms with Crippen LogP contribution >= 0.6 is 0 Å². The van der Waals surface area contributed by atoms with Crippen molar-refractivity contribution in [1.82, 2.24) is 10.2 Å². The number of urea groups is 1. The van der Waals surface area contributed by atoms with Gasteiger partial charge in [-0.1, -0.05) is 20.3 Å². The van der Waals surface area contributed by atoms with Crippen molar-refractivity contribution in [2.24, 2.45) is 5.92 Å². The highest BCUT2D eigenvalue weighted by Crippen LogP contribution is 2.14. The maximum Gasteiger partial charge on any atom is 0.324 e. The molecule has 1 rings (SSSR count). The van der Waals surface area contributed by atoms with E-state index in [-0.39, 0.29) is 23.9 Å². The van der Waals surface area contributed by atoms with Gasteiger partial charge in [0.05, 0.1) is 0 Å². The predicted molar refractivity (Wildman–Crippen MR) is 44.5 cm³/mol. The molecule has 1 N–H and O–H groups in total. The van der Waals surface area contributed by atoms with E-state index in [0.717, 1.165) is 11.3 Å². The van der Waals surface area contributed by atoms with Gasteiger partial charge >= 0.3 is 6.03 Å². The highest BCUT2D eigenvalue weighted by atomic mass is 16.2. The number of imide groups is 1. The minimum atomic E-state index is -0.313. The van der Waals surface area contributed by atoms with Crippen LogP contribution in [0, 0.1) is 5.92 Å². The smallest absolute Gasteiger partial charge is 0.324 e. The van der Waals surface area contributed by atoms with Crippen LogP contribution in [0.4, 0.5) is 4.79 Å². The van der Waals surface area contributed by atoms with Crippen molar-refractivity contribution in [3.05, 3.63) is 0 Å². The van der Waals surface area contributed by atoms with Gasteiger partial charge in [0, 0.05) is 7.05 Å². The van der Waals surface area contributed by atoms with Gasteiger partial charge < -0.3 is 5.32 Å². The predicted octanol–water partition coefficient (Wildman–Crippen LogP) is 0.583. The summed E-state index contributed by atoms with van der Waals surface area (Å²) in [6, 6.07) is -0.599. The van der Waals surface area contributed by atoms with Gasteiger partial charge in [-0.25, -0.2) is 4.79 Å². The van der Waals surface area contributed by atoms with Crippen LogP contribution in [0.1, 0.15) is 20.3 Å². The molecule has 0 aromatic heterocycles. The summed E-state index contributed by atoms with van der Waals surface area (Å²) in [6.07, 6.45) is 0.893. The zero-order valence-electron chi connectivity index (χ0n) is 7.63. The molecule has 4 nitrogen and oxygen atoms in total. The van der Waals surface area contributed by atoms with Crippen molar-refractivity contribution >= 4 is 11.9 Å². The molecule has 0 bridgehead atoms. The molecule has 1 aliphatic rings. The molecule has 3 amide bonds. The van der Waals surface area contributed by atoms with Gasteiger partial charge in [-0.15, -0.1) is 0 Å². The summed E-state index contributed by atoms with van der Waals surface area (Å²) in [5.41, 5.74) is 0. The summed E-state index contributed by atoms with van der Waals surface area (Å²) in [5.74, 6) is 0.0979. The zero-order chi connectivity index (χ0) is 9.30. The molecule has 1 fully saturated rings. The van der Waals surface area contributed by atoms with Gasteiger partial charge in [-0.05, 0) is 5.92 Å². The molecular weight excluding hydrogens is 156 g/mol. The lowest BCUT2D eigenvalue weighted by Gasteiger charge is -2.14. The van der Waals surface area contributed by atoms with Crippen LogP contribution in [0.15, 0.2) is 0 Å². The minimum Gasteiger partial charge on any atom is -0.326 e. The molecule has 1 aliphatic heterocycles. The Labute approximate surface area is 71.9 Å². The van der Waals surface area contributed by atoms with E-state index in [1.807, 2.05) is 13.8 Å². The van der Waals surface area contributed by atoms with Crippen LogP contribution in [-0.2, 0) is 4.79 Å². The van der Waals surface area contributed by atoms with Crippen molar-refractivity contribution in [1.29, 1.82) is 0 Å². The van der Waals surface area contributed by atoms with E-state index in [1.165, 1.54) is 7.05 Å². The number of nitrogens with one attached hydrogen (secondary N) is 1. The van der Waals surface area contributed by atoms with Gasteiger partial charge in [-0.2, -0.15) is 0 Å². The molecule has 0 aliphatic carbocycles. The second kappa shape index (κ2) is 3.13. The van der Waals surface area contributed by atoms with Gasteiger partial charge in [0.25, 0.3) is 5.91 Å². The fourth-order valence-electron chi connectivity index (χ4n) is 1.22. The number of carbonyl (C=O) groups is 2. The maximum atomic E-state index is 11.4. The molecule has 0 unspecified atom stereocenters. The van der Waals surface area contributed by atoms with E-state index in [1.54, 1.807) is 0 Å². The Balaban J connectivity index is 2.71. The Morgan fingerprint density at radius 3 is 2.50 bits per heavy atom. The summed E-state index contributed by atoms with van der Waals surface area (Å²) in [4.78, 5) is 23.5. The minimum absolute atomic E-state index is 0.116. The Morgan fingerprint density at radius 1 is 1.58 bits per heavy atom. The van der Waals surface area contributed by atoms with Gasteiger partial charge in [0.1, 0.15) is 6.04 Å². The summed E-state index contributed by atoms with van der Waals surface area (Å²) in [6.45, 7) is 3.96. The van der Waals surface area contributed by atoms with Gasteiger partial charge in [-0.3, -0.25) is 9.69 Å². The lowest BCUT2D eigenvalue weighted by Crippen LogP contribution is -2.35. The number of hydrogen-bond donors (Lipinski definition) is 1. The number of carbonyl (C=O) groups excluding carboxylic acids is 2. The standard InChI is InChI=1S/C8H14N2O2/c1-4-5(2)6-7(11)10(3)8(12)9-6/h5-6H,4H2,1-3H3,(H,9,12)/t5-,6-/m0/s1. The Bertz CT molecular complexity index is 215. The van der Waals surface area contributed by atoms with E-state index in [4.69, 9.17) is 0 Å². The first-order valence-corrected chi connectivity index (χ1v) is 4.16. The normalized spacial score (nSPS) is 25.9. The third-order valence-corrected chi connectivity index (χ3v) is 2.39. The summed E-state index contributed by atoms with van der Waals surface area (Å²) >= 11 is 0. The molecule has 12 heavy (non-hydrogen) atoms. The van der Waals surface area contributed by atoms with Crippen LogP contribution in [0.2, 0.25) is 0 Å². The summed E-state index contributed by atoms with van der Waals surface area (Å²) in [5, 5.41) is 2.64. The van der Waals surface area contributed by atoms with Crippen LogP contribution < -0.4 is 5.32 Å². The highest BCUT2D eigenvalue weighted by molar-refractivity contribution is 6.03. The number of nitrogens with zero attached hydrogens (tertiary/aromatic N) is 1. The molecule has 68 valence electrons. The largest absolute Gasteiger partial charge is 0.326 e. The molecule has 4 heteroatoms. The molecule has 1 heterocycles. The number of hydrogen-bond acceptors (Lipinski definition) is 2. The Morgan fingerprint density at radius 2 is 2.17 bits per heavy atom. The number of rotatable bonds is 2. The van der Waals surface area contributed by atoms with Crippen molar-refractivity contribution in [2.45, 2.75) is 26.3 Å². The molecule has 2 atom stereocenters. The molecular formula is C8H14N2O2. The molecule has 0 aromatic carbocycles. The molecule has 0 saturated carbocycles. The average molecular weight is 170 g/mol. The summed E-state index contributed by atoms with van der Waals surface area (Å²) in [7, 11) is 1.50. The lowest BCUT2D eigenvalue weighted by atomic mass is 9.99. The van der Waals surface area contributed by atoms with Crippen molar-refractivity contribution in [2.75, 3.05) is 7.05 Å². The quantitative estimate of drug-likeness (QED) is 0.616. The summed E-state index contributed by atoms with van der Waals surface area (Å²) < 4.78 is 0. The molecule has 0 aromatic rings. The first kappa shape index (κ1) is 9.03. The third-order valence-electron chi connectivity index (χ3n) is 2.39. The van der Waals surface area contributed by atoms with Crippen molar-refractivity contribution in [3.8, 4) is 0 Å². The van der Waals surface area contributed by atoms with Crippen LogP contribution in [0.5, 0.6) is 0 Å². The third kappa shape index (κ3) is 1.29. The second-order valence-corrected chi connectivity index (χ2v) is 3.21. The first-order valence-electron chi connectivity index (χ1n) is 4.16. The Hall–Kier alpha value is -1.06. The maximum absolute atomic E-state index is 11.4. The highest BCUT2D eigenvalue weighted by Gasteiger charge is 2.37. The second-order valence-electron chi connectivity index (χ2n) is 3.21. The van der Waals surface area contributed by atoms with E-state index in [0.29, 0.717) is 0 Å². The fourth-order valence-corrected chi connectivity index (χ4v) is 1.22. The van der Waals surface area contributed by atoms with E-state index < -0.39 is 0 Å². The van der Waals surface area contributed by atoms with Crippen LogP contribution in [0.3, 0.4) is 0 Å². The Kier molecular flexibility index (Phi) is 2.35. The molecule has 0 radical (unpaired) electrons. The van der Waals surface area contributed by atoms with Gasteiger partial charge in [0.2, 0.25) is 0 Å². The fraction of sp³-hybridized carbons (Fsp3) is 0.750. The van der Waals surface area contributed by atoms with E-state index in [9.17, 15) is 9.59 Å². The zero-order valence-corrected chi connectivity index (χ0v) is 7.63. The number of likely N-dealkylation sites (N-methyl/N-ethyl adjacent to an activating group) is 1. The topological polar surface area (TPSA) is 49.4 Å².